The molecule has 3 rings (SSSR count). The Kier molecular flexibility index (Phi) is 3.06. The molecule has 0 spiro atoms. The number of halogens is 1. The second-order valence-corrected chi connectivity index (χ2v) is 5.96. The summed E-state index contributed by atoms with van der Waals surface area (Å²) in [7, 11) is 0. The zero-order chi connectivity index (χ0) is 15.2. The first-order valence-corrected chi connectivity index (χ1v) is 6.95. The number of nitrogen functional groups attached to an aromatic ring is 1. The number of nitrogens with two attached hydrogens (primary N) is 1. The van der Waals surface area contributed by atoms with Crippen LogP contribution in [0, 0.1) is 0 Å². The second-order valence-electron chi connectivity index (χ2n) is 5.55. The average molecular weight is 303 g/mol. The molecule has 0 bridgehead atoms. The molecule has 108 valence electrons. The molecule has 0 atom stereocenters. The van der Waals surface area contributed by atoms with E-state index in [4.69, 9.17) is 22.1 Å². The minimum atomic E-state index is -0.406. The Bertz CT molecular complexity index is 741. The van der Waals surface area contributed by atoms with Crippen LogP contribution in [0.3, 0.4) is 0 Å². The third kappa shape index (κ3) is 2.32. The molecule has 4 nitrogen and oxygen atoms in total. The quantitative estimate of drug-likeness (QED) is 0.832. The minimum Gasteiger partial charge on any atom is -0.455 e. The van der Waals surface area contributed by atoms with Gasteiger partial charge in [-0.05, 0) is 43.7 Å². The molecule has 1 amide bonds. The maximum Gasteiger partial charge on any atom is 0.256 e. The van der Waals surface area contributed by atoms with E-state index >= 15 is 0 Å². The van der Waals surface area contributed by atoms with Crippen molar-refractivity contribution < 1.29 is 9.53 Å². The van der Waals surface area contributed by atoms with E-state index in [1.165, 1.54) is 0 Å². The number of carbonyl (C=O) groups excluding carboxylic acids is 1. The molecule has 0 fully saturated rings. The van der Waals surface area contributed by atoms with Crippen molar-refractivity contribution in [2.24, 2.45) is 0 Å². The van der Waals surface area contributed by atoms with Gasteiger partial charge < -0.3 is 15.8 Å². The van der Waals surface area contributed by atoms with Crippen LogP contribution in [0.4, 0.5) is 5.69 Å². The molecule has 2 aromatic carbocycles. The molecule has 0 aliphatic carbocycles. The van der Waals surface area contributed by atoms with Gasteiger partial charge in [-0.2, -0.15) is 0 Å². The number of nitrogens with one attached hydrogen (secondary N) is 1. The number of carbonyl (C=O) groups is 1. The van der Waals surface area contributed by atoms with Gasteiger partial charge in [0, 0.05) is 5.69 Å². The highest BCUT2D eigenvalue weighted by Crippen LogP contribution is 2.39. The van der Waals surface area contributed by atoms with Crippen LogP contribution >= 0.6 is 11.6 Å². The van der Waals surface area contributed by atoms with Crippen molar-refractivity contribution in [3.05, 3.63) is 52.5 Å². The third-order valence-corrected chi connectivity index (χ3v) is 3.82. The number of hydrogen-bond acceptors (Lipinski definition) is 3. The SMILES string of the molecule is CC1(C)NC(=O)c2c(Oc3ccc(N)cc3Cl)cccc21. The van der Waals surface area contributed by atoms with Crippen molar-refractivity contribution in [1.29, 1.82) is 0 Å². The minimum absolute atomic E-state index is 0.142. The van der Waals surface area contributed by atoms with Gasteiger partial charge in [0.2, 0.25) is 0 Å². The highest BCUT2D eigenvalue weighted by molar-refractivity contribution is 6.32. The topological polar surface area (TPSA) is 64.3 Å². The van der Waals surface area contributed by atoms with Crippen LogP contribution in [0.1, 0.15) is 29.8 Å². The van der Waals surface area contributed by atoms with Gasteiger partial charge in [0.25, 0.3) is 5.91 Å². The summed E-state index contributed by atoms with van der Waals surface area (Å²) in [6.07, 6.45) is 0. The van der Waals surface area contributed by atoms with Gasteiger partial charge in [-0.3, -0.25) is 4.79 Å². The van der Waals surface area contributed by atoms with Crippen LogP contribution in [0.15, 0.2) is 36.4 Å². The van der Waals surface area contributed by atoms with Crippen LogP contribution in [-0.2, 0) is 5.54 Å². The lowest BCUT2D eigenvalue weighted by molar-refractivity contribution is 0.0938. The molecule has 0 saturated carbocycles. The van der Waals surface area contributed by atoms with Crippen LogP contribution in [0.25, 0.3) is 0 Å². The van der Waals surface area contributed by atoms with Gasteiger partial charge in [0.1, 0.15) is 11.5 Å². The Labute approximate surface area is 127 Å². The van der Waals surface area contributed by atoms with Crippen molar-refractivity contribution >= 4 is 23.2 Å². The molecular formula is C16H15ClN2O2. The summed E-state index contributed by atoms with van der Waals surface area (Å²) >= 11 is 6.12. The van der Waals surface area contributed by atoms with Crippen LogP contribution in [0.5, 0.6) is 11.5 Å². The second kappa shape index (κ2) is 4.67. The fraction of sp³-hybridized carbons (Fsp3) is 0.188. The van der Waals surface area contributed by atoms with Gasteiger partial charge in [0.15, 0.2) is 0 Å². The van der Waals surface area contributed by atoms with E-state index in [1.54, 1.807) is 24.3 Å². The molecule has 1 aliphatic heterocycles. The summed E-state index contributed by atoms with van der Waals surface area (Å²) < 4.78 is 5.82. The zero-order valence-electron chi connectivity index (χ0n) is 11.7. The number of anilines is 1. The Balaban J connectivity index is 2.05. The zero-order valence-corrected chi connectivity index (χ0v) is 12.5. The summed E-state index contributed by atoms with van der Waals surface area (Å²) in [6, 6.07) is 10.5. The van der Waals surface area contributed by atoms with Gasteiger partial charge in [-0.1, -0.05) is 23.7 Å². The van der Waals surface area contributed by atoms with E-state index < -0.39 is 5.54 Å². The van der Waals surface area contributed by atoms with Crippen LogP contribution < -0.4 is 15.8 Å². The standard InChI is InChI=1S/C16H15ClN2O2/c1-16(2)10-4-3-5-13(14(10)15(20)19-16)21-12-7-6-9(18)8-11(12)17/h3-8H,18H2,1-2H3,(H,19,20). The number of amides is 1. The normalized spacial score (nSPS) is 15.5. The number of hydrogen-bond donors (Lipinski definition) is 2. The maximum absolute atomic E-state index is 12.2. The van der Waals surface area contributed by atoms with Crippen molar-refractivity contribution in [3.63, 3.8) is 0 Å². The third-order valence-electron chi connectivity index (χ3n) is 3.53. The molecule has 0 saturated heterocycles. The lowest BCUT2D eigenvalue weighted by atomic mass is 9.94. The number of fused-ring (bicyclic) bond motifs is 1. The van der Waals surface area contributed by atoms with Gasteiger partial charge in [-0.25, -0.2) is 0 Å². The molecule has 3 N–H and O–H groups in total. The van der Waals surface area contributed by atoms with E-state index in [2.05, 4.69) is 5.32 Å². The molecular weight excluding hydrogens is 288 g/mol. The number of rotatable bonds is 2. The fourth-order valence-electron chi connectivity index (χ4n) is 2.50. The van der Waals surface area contributed by atoms with Crippen molar-refractivity contribution in [1.82, 2.24) is 5.32 Å². The van der Waals surface area contributed by atoms with Crippen LogP contribution in [0.2, 0.25) is 5.02 Å². The fourth-order valence-corrected chi connectivity index (χ4v) is 2.73. The van der Waals surface area contributed by atoms with E-state index in [1.807, 2.05) is 26.0 Å². The largest absolute Gasteiger partial charge is 0.455 e. The van der Waals surface area contributed by atoms with E-state index in [-0.39, 0.29) is 5.91 Å². The number of benzene rings is 2. The first kappa shape index (κ1) is 13.8. The summed E-state index contributed by atoms with van der Waals surface area (Å²) in [6.45, 7) is 3.91. The van der Waals surface area contributed by atoms with E-state index in [9.17, 15) is 4.79 Å². The van der Waals surface area contributed by atoms with E-state index in [0.29, 0.717) is 27.8 Å². The van der Waals surface area contributed by atoms with Gasteiger partial charge >= 0.3 is 0 Å². The first-order chi connectivity index (χ1) is 9.88. The van der Waals surface area contributed by atoms with E-state index in [0.717, 1.165) is 5.56 Å². The van der Waals surface area contributed by atoms with Crippen LogP contribution in [-0.4, -0.2) is 5.91 Å². The molecule has 2 aromatic rings. The molecule has 0 radical (unpaired) electrons. The Hall–Kier alpha value is -2.20. The van der Waals surface area contributed by atoms with Gasteiger partial charge in [-0.15, -0.1) is 0 Å². The summed E-state index contributed by atoms with van der Waals surface area (Å²) in [5.41, 5.74) is 7.28. The molecule has 0 unspecified atom stereocenters. The predicted octanol–water partition coefficient (Wildman–Crippen LogP) is 3.69. The molecule has 1 aliphatic rings. The van der Waals surface area contributed by atoms with Crippen molar-refractivity contribution in [2.75, 3.05) is 5.73 Å². The Morgan fingerprint density at radius 1 is 1.19 bits per heavy atom. The Morgan fingerprint density at radius 2 is 1.95 bits per heavy atom. The predicted molar refractivity (Wildman–Crippen MR) is 82.9 cm³/mol. The molecule has 0 aromatic heterocycles. The summed E-state index contributed by atoms with van der Waals surface area (Å²) in [5, 5.41) is 3.34. The average Bonchev–Trinajstić information content (AvgIpc) is 2.64. The first-order valence-electron chi connectivity index (χ1n) is 6.57. The summed E-state index contributed by atoms with van der Waals surface area (Å²) in [5.74, 6) is 0.816. The Morgan fingerprint density at radius 3 is 2.67 bits per heavy atom. The molecule has 1 heterocycles. The maximum atomic E-state index is 12.2. The highest BCUT2D eigenvalue weighted by Gasteiger charge is 2.37. The van der Waals surface area contributed by atoms with Crippen molar-refractivity contribution in [3.8, 4) is 11.5 Å². The smallest absolute Gasteiger partial charge is 0.256 e. The monoisotopic (exact) mass is 302 g/mol. The summed E-state index contributed by atoms with van der Waals surface area (Å²) in [4.78, 5) is 12.2. The highest BCUT2D eigenvalue weighted by atomic mass is 35.5. The van der Waals surface area contributed by atoms with Gasteiger partial charge in [0.05, 0.1) is 16.1 Å². The lowest BCUT2D eigenvalue weighted by Gasteiger charge is -2.19. The number of ether oxygens (including phenoxy) is 1. The van der Waals surface area contributed by atoms with Crippen molar-refractivity contribution in [2.45, 2.75) is 19.4 Å². The molecule has 5 heteroatoms. The lowest BCUT2D eigenvalue weighted by Crippen LogP contribution is -2.32. The molecule has 21 heavy (non-hydrogen) atoms.